The highest BCUT2D eigenvalue weighted by atomic mass is 32.2. The molecule has 0 aromatic carbocycles. The third-order valence-corrected chi connectivity index (χ3v) is 0.848. The molecule has 0 aliphatic rings. The van der Waals surface area contributed by atoms with Gasteiger partial charge in [0.1, 0.15) is 0 Å². The van der Waals surface area contributed by atoms with E-state index < -0.39 is 17.3 Å². The van der Waals surface area contributed by atoms with Gasteiger partial charge in [-0.2, -0.15) is 0 Å². The van der Waals surface area contributed by atoms with Gasteiger partial charge in [-0.15, -0.1) is 0 Å². The highest BCUT2D eigenvalue weighted by Gasteiger charge is 1.99. The molecule has 86 valence electrons. The molecular formula is C9H20O4S. The minimum Gasteiger partial charge on any atom is -0.617 e. The lowest BCUT2D eigenvalue weighted by Gasteiger charge is -2.02. The summed E-state index contributed by atoms with van der Waals surface area (Å²) in [5.74, 6) is 0. The average molecular weight is 224 g/mol. The van der Waals surface area contributed by atoms with Crippen LogP contribution in [0.2, 0.25) is 0 Å². The lowest BCUT2D eigenvalue weighted by molar-refractivity contribution is 0.0555. The van der Waals surface area contributed by atoms with E-state index in [1.54, 1.807) is 12.5 Å². The fourth-order valence-electron chi connectivity index (χ4n) is 0.412. The average Bonchev–Trinajstić information content (AvgIpc) is 2.10. The van der Waals surface area contributed by atoms with E-state index in [1.165, 1.54) is 0 Å². The van der Waals surface area contributed by atoms with Crippen LogP contribution >= 0.6 is 0 Å². The van der Waals surface area contributed by atoms with Crippen LogP contribution in [0.1, 0.15) is 26.7 Å². The van der Waals surface area contributed by atoms with Crippen LogP contribution in [-0.2, 0) is 20.6 Å². The molecule has 0 fully saturated rings. The molecule has 0 N–H and O–H groups in total. The predicted molar refractivity (Wildman–Crippen MR) is 57.9 cm³/mol. The van der Waals surface area contributed by atoms with Crippen LogP contribution in [0.3, 0.4) is 0 Å². The molecule has 0 rings (SSSR count). The van der Waals surface area contributed by atoms with Crippen LogP contribution in [0, 0.1) is 0 Å². The maximum absolute atomic E-state index is 10.5. The molecule has 0 aromatic heterocycles. The highest BCUT2D eigenvalue weighted by molar-refractivity contribution is 7.89. The molecule has 4 nitrogen and oxygen atoms in total. The molecule has 0 spiro atoms. The molecular weight excluding hydrogens is 204 g/mol. The lowest BCUT2D eigenvalue weighted by atomic mass is 10.5. The Morgan fingerprint density at radius 3 is 1.64 bits per heavy atom. The lowest BCUT2D eigenvalue weighted by Crippen LogP contribution is -2.08. The first-order chi connectivity index (χ1) is 6.54. The van der Waals surface area contributed by atoms with Crippen LogP contribution in [0.5, 0.6) is 0 Å². The molecule has 14 heavy (non-hydrogen) atoms. The first kappa shape index (κ1) is 16.0. The van der Waals surface area contributed by atoms with E-state index in [1.807, 2.05) is 13.8 Å². The minimum atomic E-state index is -0.611. The molecule has 0 aromatic rings. The van der Waals surface area contributed by atoms with Crippen molar-refractivity contribution >= 4 is 17.3 Å². The van der Waals surface area contributed by atoms with Gasteiger partial charge < -0.3 is 14.0 Å². The van der Waals surface area contributed by atoms with Gasteiger partial charge in [0.2, 0.25) is 0 Å². The van der Waals surface area contributed by atoms with Crippen molar-refractivity contribution in [3.05, 3.63) is 0 Å². The molecule has 0 heterocycles. The second kappa shape index (κ2) is 12.6. The summed E-state index contributed by atoms with van der Waals surface area (Å²) in [5, 5.41) is 0. The summed E-state index contributed by atoms with van der Waals surface area (Å²) in [6.07, 6.45) is 4.39. The Morgan fingerprint density at radius 1 is 1.14 bits per heavy atom. The van der Waals surface area contributed by atoms with Gasteiger partial charge in [-0.25, -0.2) is 4.79 Å². The van der Waals surface area contributed by atoms with Crippen molar-refractivity contribution in [1.82, 2.24) is 0 Å². The normalized spacial score (nSPS) is 9.00. The summed E-state index contributed by atoms with van der Waals surface area (Å²) in [7, 11) is 0. The molecule has 0 aliphatic carbocycles. The summed E-state index contributed by atoms with van der Waals surface area (Å²) in [5.41, 5.74) is 0. The molecule has 5 heteroatoms. The van der Waals surface area contributed by atoms with E-state index >= 15 is 0 Å². The number of hydrogen-bond donors (Lipinski definition) is 0. The number of carbonyl (C=O) groups is 1. The van der Waals surface area contributed by atoms with E-state index in [9.17, 15) is 9.35 Å². The van der Waals surface area contributed by atoms with Crippen LogP contribution in [0.4, 0.5) is 4.79 Å². The van der Waals surface area contributed by atoms with Crippen molar-refractivity contribution in [2.45, 2.75) is 26.7 Å². The number of hydrogen-bond acceptors (Lipinski definition) is 4. The summed E-state index contributed by atoms with van der Waals surface area (Å²) in [6, 6.07) is 0. The first-order valence-electron chi connectivity index (χ1n) is 4.59. The number of rotatable bonds is 4. The Labute approximate surface area is 89.1 Å². The minimum absolute atomic E-state index is 0.447. The van der Waals surface area contributed by atoms with E-state index in [4.69, 9.17) is 0 Å². The van der Waals surface area contributed by atoms with Crippen LogP contribution in [0.15, 0.2) is 0 Å². The zero-order valence-corrected chi connectivity index (χ0v) is 10.2. The summed E-state index contributed by atoms with van der Waals surface area (Å²) >= 11 is -0.611. The van der Waals surface area contributed by atoms with Gasteiger partial charge in [-0.3, -0.25) is 0 Å². The molecule has 0 atom stereocenters. The topological polar surface area (TPSA) is 58.6 Å². The number of ether oxygens (including phenoxy) is 2. The van der Waals surface area contributed by atoms with Crippen molar-refractivity contribution in [2.24, 2.45) is 0 Å². The molecule has 0 saturated carbocycles. The van der Waals surface area contributed by atoms with E-state index in [0.717, 1.165) is 12.8 Å². The standard InChI is InChI=1S/C7H14O3.C2H6OS/c1-3-5-9-7(8)10-6-4-2;1-4(2)3/h3-6H2,1-2H3;1-2H3. The van der Waals surface area contributed by atoms with E-state index in [0.29, 0.717) is 13.2 Å². The second-order valence-electron chi connectivity index (χ2n) is 2.69. The van der Waals surface area contributed by atoms with Gasteiger partial charge in [0.05, 0.1) is 25.7 Å². The van der Waals surface area contributed by atoms with Gasteiger partial charge in [0.25, 0.3) is 0 Å². The quantitative estimate of drug-likeness (QED) is 0.541. The molecule has 0 unspecified atom stereocenters. The maximum Gasteiger partial charge on any atom is 0.508 e. The van der Waals surface area contributed by atoms with Crippen molar-refractivity contribution in [3.63, 3.8) is 0 Å². The Bertz CT molecular complexity index is 115. The fraction of sp³-hybridized carbons (Fsp3) is 0.889. The van der Waals surface area contributed by atoms with Gasteiger partial charge in [0.15, 0.2) is 0 Å². The highest BCUT2D eigenvalue weighted by Crippen LogP contribution is 1.88. The molecule has 0 amide bonds. The Hall–Kier alpha value is -0.420. The van der Waals surface area contributed by atoms with E-state index in [2.05, 4.69) is 9.47 Å². The number of carbonyl (C=O) groups excluding carboxylic acids is 1. The fourth-order valence-corrected chi connectivity index (χ4v) is 0.412. The van der Waals surface area contributed by atoms with Gasteiger partial charge in [-0.05, 0) is 12.8 Å². The van der Waals surface area contributed by atoms with Gasteiger partial charge in [-0.1, -0.05) is 25.0 Å². The van der Waals surface area contributed by atoms with Crippen LogP contribution < -0.4 is 0 Å². The van der Waals surface area contributed by atoms with E-state index in [-0.39, 0.29) is 0 Å². The zero-order valence-electron chi connectivity index (χ0n) is 9.37. The van der Waals surface area contributed by atoms with Crippen molar-refractivity contribution in [3.8, 4) is 0 Å². The SMILES string of the molecule is CCCOC(=O)OCCC.C[S+](C)[O-]. The molecule has 0 radical (unpaired) electrons. The summed E-state index contributed by atoms with van der Waals surface area (Å²) in [6.45, 7) is 4.77. The zero-order chi connectivity index (χ0) is 11.4. The van der Waals surface area contributed by atoms with Crippen molar-refractivity contribution in [1.29, 1.82) is 0 Å². The molecule has 0 aliphatic heterocycles. The van der Waals surface area contributed by atoms with Gasteiger partial charge >= 0.3 is 6.16 Å². The monoisotopic (exact) mass is 224 g/mol. The summed E-state index contributed by atoms with van der Waals surface area (Å²) in [4.78, 5) is 10.5. The predicted octanol–water partition coefficient (Wildman–Crippen LogP) is 1.95. The van der Waals surface area contributed by atoms with Crippen molar-refractivity contribution < 1.29 is 18.8 Å². The molecule has 0 bridgehead atoms. The largest absolute Gasteiger partial charge is 0.617 e. The summed E-state index contributed by atoms with van der Waals surface area (Å²) < 4.78 is 18.8. The second-order valence-corrected chi connectivity index (χ2v) is 4.17. The Balaban J connectivity index is 0. The van der Waals surface area contributed by atoms with Crippen LogP contribution in [-0.4, -0.2) is 36.4 Å². The van der Waals surface area contributed by atoms with Crippen molar-refractivity contribution in [2.75, 3.05) is 25.7 Å². The first-order valence-corrected chi connectivity index (χ1v) is 6.55. The van der Waals surface area contributed by atoms with Crippen LogP contribution in [0.25, 0.3) is 0 Å². The van der Waals surface area contributed by atoms with Gasteiger partial charge in [0, 0.05) is 0 Å². The maximum atomic E-state index is 10.5. The smallest absolute Gasteiger partial charge is 0.508 e. The molecule has 0 saturated heterocycles. The third-order valence-electron chi connectivity index (χ3n) is 0.848. The Kier molecular flexibility index (Phi) is 14.4. The Morgan fingerprint density at radius 2 is 1.43 bits per heavy atom. The third kappa shape index (κ3) is 22.6.